The normalized spacial score (nSPS) is 20.4. The Bertz CT molecular complexity index is 502. The summed E-state index contributed by atoms with van der Waals surface area (Å²) in [5, 5.41) is 8.45. The zero-order chi connectivity index (χ0) is 19.2. The van der Waals surface area contributed by atoms with E-state index in [0.717, 1.165) is 11.3 Å². The fraction of sp³-hybridized carbons (Fsp3) is 0.800. The SMILES string of the molecule is CCCCC(N)C(=O)SCC(C(=O)N1CCC[C@H]1C(=O)O)C(F)(F)F. The van der Waals surface area contributed by atoms with Gasteiger partial charge in [0, 0.05) is 12.3 Å². The van der Waals surface area contributed by atoms with Crippen molar-refractivity contribution in [3.8, 4) is 0 Å². The highest BCUT2D eigenvalue weighted by atomic mass is 32.2. The van der Waals surface area contributed by atoms with Crippen molar-refractivity contribution in [1.82, 2.24) is 4.90 Å². The first-order valence-corrected chi connectivity index (χ1v) is 9.10. The van der Waals surface area contributed by atoms with Crippen molar-refractivity contribution in [2.75, 3.05) is 12.3 Å². The number of halogens is 3. The molecule has 0 radical (unpaired) electrons. The van der Waals surface area contributed by atoms with E-state index in [1.54, 1.807) is 0 Å². The van der Waals surface area contributed by atoms with E-state index >= 15 is 0 Å². The third-order valence-corrected chi connectivity index (χ3v) is 5.17. The lowest BCUT2D eigenvalue weighted by atomic mass is 10.1. The number of unbranched alkanes of at least 4 members (excludes halogenated alkanes) is 1. The Labute approximate surface area is 148 Å². The van der Waals surface area contributed by atoms with Gasteiger partial charge in [-0.3, -0.25) is 9.59 Å². The number of nitrogens with zero attached hydrogens (tertiary/aromatic N) is 1. The van der Waals surface area contributed by atoms with Gasteiger partial charge in [-0.1, -0.05) is 31.5 Å². The number of amides is 1. The van der Waals surface area contributed by atoms with Crippen LogP contribution in [0, 0.1) is 5.92 Å². The Morgan fingerprint density at radius 3 is 2.52 bits per heavy atom. The molecule has 144 valence electrons. The highest BCUT2D eigenvalue weighted by Crippen LogP contribution is 2.33. The van der Waals surface area contributed by atoms with Crippen molar-refractivity contribution in [3.63, 3.8) is 0 Å². The Balaban J connectivity index is 2.76. The summed E-state index contributed by atoms with van der Waals surface area (Å²) in [5.41, 5.74) is 5.63. The van der Waals surface area contributed by atoms with Crippen LogP contribution >= 0.6 is 11.8 Å². The van der Waals surface area contributed by atoms with Crippen LogP contribution in [-0.4, -0.2) is 57.6 Å². The lowest BCUT2D eigenvalue weighted by Gasteiger charge is -2.27. The zero-order valence-electron chi connectivity index (χ0n) is 13.9. The topological polar surface area (TPSA) is 101 Å². The average molecular weight is 384 g/mol. The maximum absolute atomic E-state index is 13.3. The summed E-state index contributed by atoms with van der Waals surface area (Å²) in [6, 6.07) is -2.11. The minimum absolute atomic E-state index is 0.0307. The second-order valence-electron chi connectivity index (χ2n) is 6.00. The molecule has 1 amide bonds. The first kappa shape index (κ1) is 21.8. The van der Waals surface area contributed by atoms with Crippen LogP contribution in [0.5, 0.6) is 0 Å². The number of hydrogen-bond donors (Lipinski definition) is 2. The predicted octanol–water partition coefficient (Wildman–Crippen LogP) is 2.02. The van der Waals surface area contributed by atoms with E-state index in [4.69, 9.17) is 10.8 Å². The first-order valence-electron chi connectivity index (χ1n) is 8.11. The molecule has 0 saturated carbocycles. The van der Waals surface area contributed by atoms with Gasteiger partial charge in [-0.05, 0) is 19.3 Å². The quantitative estimate of drug-likeness (QED) is 0.664. The molecule has 3 N–H and O–H groups in total. The van der Waals surface area contributed by atoms with Crippen LogP contribution in [0.4, 0.5) is 13.2 Å². The number of carbonyl (C=O) groups is 3. The molecule has 25 heavy (non-hydrogen) atoms. The van der Waals surface area contributed by atoms with Gasteiger partial charge in [0.2, 0.25) is 11.0 Å². The van der Waals surface area contributed by atoms with E-state index in [-0.39, 0.29) is 13.0 Å². The second-order valence-corrected chi connectivity index (χ2v) is 7.03. The van der Waals surface area contributed by atoms with Gasteiger partial charge in [0.05, 0.1) is 6.04 Å². The molecule has 0 aromatic carbocycles. The van der Waals surface area contributed by atoms with Crippen LogP contribution in [-0.2, 0) is 14.4 Å². The van der Waals surface area contributed by atoms with E-state index in [9.17, 15) is 27.6 Å². The number of thioether (sulfide) groups is 1. The molecule has 1 saturated heterocycles. The number of carboxylic acids is 1. The summed E-state index contributed by atoms with van der Waals surface area (Å²) >= 11 is 0.388. The monoisotopic (exact) mass is 384 g/mol. The number of likely N-dealkylation sites (tertiary alicyclic amines) is 1. The van der Waals surface area contributed by atoms with Crippen LogP contribution in [0.15, 0.2) is 0 Å². The van der Waals surface area contributed by atoms with Gasteiger partial charge >= 0.3 is 12.1 Å². The summed E-state index contributed by atoms with van der Waals surface area (Å²) in [6.45, 7) is 1.87. The Kier molecular flexibility index (Phi) is 8.20. The molecule has 1 aliphatic heterocycles. The predicted molar refractivity (Wildman–Crippen MR) is 86.9 cm³/mol. The molecule has 1 fully saturated rings. The second kappa shape index (κ2) is 9.42. The van der Waals surface area contributed by atoms with Crippen LogP contribution in [0.25, 0.3) is 0 Å². The Morgan fingerprint density at radius 2 is 2.00 bits per heavy atom. The van der Waals surface area contributed by atoms with E-state index in [1.807, 2.05) is 6.92 Å². The van der Waals surface area contributed by atoms with Crippen molar-refractivity contribution in [2.24, 2.45) is 11.7 Å². The molecule has 1 aliphatic rings. The molecule has 2 unspecified atom stereocenters. The van der Waals surface area contributed by atoms with E-state index in [0.29, 0.717) is 31.0 Å². The summed E-state index contributed by atoms with van der Waals surface area (Å²) in [5.74, 6) is -5.82. The number of carbonyl (C=O) groups excluding carboxylic acids is 2. The van der Waals surface area contributed by atoms with Crippen LogP contribution in [0.1, 0.15) is 39.0 Å². The standard InChI is InChI=1S/C15H23F3N2O4S/c1-2-3-5-10(19)14(24)25-8-9(15(16,17)18)12(21)20-7-4-6-11(20)13(22)23/h9-11H,2-8,19H2,1H3,(H,22,23)/t9?,10?,11-/m0/s1. The van der Waals surface area contributed by atoms with Crippen molar-refractivity contribution in [2.45, 2.75) is 57.3 Å². The van der Waals surface area contributed by atoms with Crippen LogP contribution in [0.2, 0.25) is 0 Å². The molecular weight excluding hydrogens is 361 g/mol. The fourth-order valence-corrected chi connectivity index (χ4v) is 3.60. The highest BCUT2D eigenvalue weighted by Gasteiger charge is 2.49. The van der Waals surface area contributed by atoms with Crippen LogP contribution in [0.3, 0.4) is 0 Å². The molecule has 0 bridgehead atoms. The van der Waals surface area contributed by atoms with Gasteiger partial charge in [-0.15, -0.1) is 0 Å². The number of nitrogens with two attached hydrogens (primary N) is 1. The minimum Gasteiger partial charge on any atom is -0.480 e. The molecule has 0 aromatic heterocycles. The summed E-state index contributed by atoms with van der Waals surface area (Å²) in [7, 11) is 0. The minimum atomic E-state index is -4.86. The fourth-order valence-electron chi connectivity index (χ4n) is 2.61. The number of rotatable bonds is 8. The molecule has 10 heteroatoms. The van der Waals surface area contributed by atoms with Crippen molar-refractivity contribution in [1.29, 1.82) is 0 Å². The number of hydrogen-bond acceptors (Lipinski definition) is 5. The molecule has 0 spiro atoms. The van der Waals surface area contributed by atoms with Crippen molar-refractivity contribution >= 4 is 28.8 Å². The van der Waals surface area contributed by atoms with Gasteiger partial charge in [-0.2, -0.15) is 13.2 Å². The Hall–Kier alpha value is -1.29. The first-order chi connectivity index (χ1) is 11.6. The lowest BCUT2D eigenvalue weighted by molar-refractivity contribution is -0.186. The van der Waals surface area contributed by atoms with E-state index in [1.165, 1.54) is 0 Å². The molecule has 0 aromatic rings. The van der Waals surface area contributed by atoms with Crippen molar-refractivity contribution < 1.29 is 32.7 Å². The number of alkyl halides is 3. The number of aliphatic carboxylic acids is 1. The van der Waals surface area contributed by atoms with Gasteiger partial charge in [0.25, 0.3) is 0 Å². The van der Waals surface area contributed by atoms with Gasteiger partial charge in [-0.25, -0.2) is 4.79 Å². The molecule has 1 rings (SSSR count). The molecule has 3 atom stereocenters. The van der Waals surface area contributed by atoms with E-state index < -0.39 is 46.9 Å². The lowest BCUT2D eigenvalue weighted by Crippen LogP contribution is -2.48. The third-order valence-electron chi connectivity index (χ3n) is 4.08. The molecule has 1 heterocycles. The number of carboxylic acid groups (broad SMARTS) is 1. The summed E-state index contributed by atoms with van der Waals surface area (Å²) < 4.78 is 39.8. The van der Waals surface area contributed by atoms with Gasteiger partial charge in [0.15, 0.2) is 0 Å². The maximum Gasteiger partial charge on any atom is 0.401 e. The van der Waals surface area contributed by atoms with E-state index in [2.05, 4.69) is 0 Å². The van der Waals surface area contributed by atoms with Gasteiger partial charge < -0.3 is 15.7 Å². The molecular formula is C15H23F3N2O4S. The average Bonchev–Trinajstić information content (AvgIpc) is 3.00. The smallest absolute Gasteiger partial charge is 0.401 e. The Morgan fingerprint density at radius 1 is 1.36 bits per heavy atom. The van der Waals surface area contributed by atoms with Gasteiger partial charge in [0.1, 0.15) is 12.0 Å². The zero-order valence-corrected chi connectivity index (χ0v) is 14.7. The maximum atomic E-state index is 13.3. The largest absolute Gasteiger partial charge is 0.480 e. The third kappa shape index (κ3) is 6.18. The summed E-state index contributed by atoms with van der Waals surface area (Å²) in [6.07, 6.45) is -2.53. The van der Waals surface area contributed by atoms with Crippen LogP contribution < -0.4 is 5.73 Å². The molecule has 0 aliphatic carbocycles. The van der Waals surface area contributed by atoms with Crippen molar-refractivity contribution in [3.05, 3.63) is 0 Å². The highest BCUT2D eigenvalue weighted by molar-refractivity contribution is 8.13. The summed E-state index contributed by atoms with van der Waals surface area (Å²) in [4.78, 5) is 35.9. The molecule has 6 nitrogen and oxygen atoms in total.